The molecule has 0 aromatic rings. The lowest BCUT2D eigenvalue weighted by molar-refractivity contribution is 1.37. The lowest BCUT2D eigenvalue weighted by Crippen LogP contribution is -1.83. The molecule has 0 aromatic heterocycles. The average molecular weight is 79.1 g/mol. The molecule has 2 nitrogen and oxygen atoms in total. The zero-order valence-corrected chi connectivity index (χ0v) is 3.13. The number of allylic oxidation sites excluding steroid dienone is 1. The van der Waals surface area contributed by atoms with Crippen LogP contribution < -0.4 is 4.99 Å². The smallest absolute Gasteiger partial charge is 0.0379 e. The van der Waals surface area contributed by atoms with Gasteiger partial charge in [0.25, 0.3) is 0 Å². The maximum atomic E-state index is 3.55. The first-order valence-electron chi connectivity index (χ1n) is 1.63. The molecule has 0 atom stereocenters. The SMILES string of the molecule is [C]1=[N+]C=CC=N1. The Kier molecular flexibility index (Phi) is 0.819. The highest BCUT2D eigenvalue weighted by atomic mass is 14.8. The first kappa shape index (κ1) is 3.28. The summed E-state index contributed by atoms with van der Waals surface area (Å²) in [6.07, 6.45) is 7.40. The largest absolute Gasteiger partial charge is 0.463 e. The molecule has 0 saturated heterocycles. The summed E-state index contributed by atoms with van der Waals surface area (Å²) in [6.45, 7) is 0. The molecule has 0 saturated carbocycles. The Balaban J connectivity index is 2.77. The van der Waals surface area contributed by atoms with E-state index >= 15 is 0 Å². The van der Waals surface area contributed by atoms with Crippen LogP contribution in [0.2, 0.25) is 0 Å². The van der Waals surface area contributed by atoms with Crippen LogP contribution in [0.25, 0.3) is 0 Å². The van der Waals surface area contributed by atoms with E-state index in [-0.39, 0.29) is 0 Å². The molecule has 0 spiro atoms. The molecule has 6 heavy (non-hydrogen) atoms. The standard InChI is InChI=1S/C4H3N2/c1-2-5-4-6-3-1/h1-3H/q+1. The van der Waals surface area contributed by atoms with Gasteiger partial charge in [0.2, 0.25) is 0 Å². The van der Waals surface area contributed by atoms with Crippen molar-refractivity contribution >= 4 is 12.6 Å². The van der Waals surface area contributed by atoms with Gasteiger partial charge in [0.15, 0.2) is 0 Å². The van der Waals surface area contributed by atoms with E-state index in [4.69, 9.17) is 0 Å². The van der Waals surface area contributed by atoms with Crippen molar-refractivity contribution < 1.29 is 0 Å². The summed E-state index contributed by atoms with van der Waals surface area (Å²) in [7, 11) is 0. The molecule has 0 N–H and O–H groups in total. The normalized spacial score (nSPS) is 16.0. The van der Waals surface area contributed by atoms with Crippen LogP contribution in [0.1, 0.15) is 0 Å². The maximum absolute atomic E-state index is 3.55. The molecule has 28 valence electrons. The average Bonchev–Trinajstić information content (AvgIpc) is 1.72. The van der Waals surface area contributed by atoms with E-state index in [1.54, 1.807) is 18.5 Å². The molecule has 1 heterocycles. The van der Waals surface area contributed by atoms with Crippen LogP contribution in [0, 0.1) is 0 Å². The number of hydrogen-bond acceptors (Lipinski definition) is 2. The third-order valence-corrected chi connectivity index (χ3v) is 0.437. The van der Waals surface area contributed by atoms with E-state index in [1.807, 2.05) is 0 Å². The lowest BCUT2D eigenvalue weighted by atomic mass is 10.6. The first-order chi connectivity index (χ1) is 3.00. The number of nitrogens with zero attached hydrogens (tertiary/aromatic N) is 2. The molecule has 0 aromatic carbocycles. The van der Waals surface area contributed by atoms with Crippen LogP contribution in [0.15, 0.2) is 17.3 Å². The zero-order chi connectivity index (χ0) is 4.24. The molecular weight excluding hydrogens is 76.1 g/mol. The molecule has 1 aliphatic heterocycles. The molecule has 2 radical (unpaired) electrons. The van der Waals surface area contributed by atoms with Crippen molar-refractivity contribution in [2.24, 2.45) is 4.99 Å². The van der Waals surface area contributed by atoms with Crippen LogP contribution in [0.4, 0.5) is 0 Å². The van der Waals surface area contributed by atoms with Crippen molar-refractivity contribution in [3.63, 3.8) is 0 Å². The van der Waals surface area contributed by atoms with Gasteiger partial charge in [-0.1, -0.05) is 0 Å². The maximum Gasteiger partial charge on any atom is 0.463 e. The van der Waals surface area contributed by atoms with Crippen molar-refractivity contribution in [3.8, 4) is 0 Å². The van der Waals surface area contributed by atoms with Gasteiger partial charge < -0.3 is 0 Å². The monoisotopic (exact) mass is 79.0 g/mol. The molecule has 0 bridgehead atoms. The van der Waals surface area contributed by atoms with Crippen molar-refractivity contribution in [2.75, 3.05) is 0 Å². The second-order valence-corrected chi connectivity index (χ2v) is 0.849. The Morgan fingerprint density at radius 3 is 2.83 bits per heavy atom. The van der Waals surface area contributed by atoms with Gasteiger partial charge in [-0.05, 0) is 9.98 Å². The van der Waals surface area contributed by atoms with Crippen LogP contribution in [0.5, 0.6) is 0 Å². The van der Waals surface area contributed by atoms with Crippen LogP contribution in [0.3, 0.4) is 0 Å². The van der Waals surface area contributed by atoms with E-state index in [2.05, 4.69) is 16.3 Å². The zero-order valence-electron chi connectivity index (χ0n) is 3.13. The predicted molar refractivity (Wildman–Crippen MR) is 24.8 cm³/mol. The Morgan fingerprint density at radius 1 is 1.67 bits per heavy atom. The Hall–Kier alpha value is -0.920. The van der Waals surface area contributed by atoms with Crippen molar-refractivity contribution in [2.45, 2.75) is 0 Å². The minimum absolute atomic E-state index is 1.63. The van der Waals surface area contributed by atoms with Crippen molar-refractivity contribution in [1.82, 2.24) is 4.99 Å². The van der Waals surface area contributed by atoms with Gasteiger partial charge in [-0.3, -0.25) is 0 Å². The Bertz CT molecular complexity index is 74.9. The fourth-order valence-corrected chi connectivity index (χ4v) is 0.225. The third kappa shape index (κ3) is 0.516. The van der Waals surface area contributed by atoms with E-state index in [0.717, 1.165) is 0 Å². The van der Waals surface area contributed by atoms with Crippen LogP contribution in [-0.2, 0) is 0 Å². The van der Waals surface area contributed by atoms with Gasteiger partial charge in [0.05, 0.1) is 0 Å². The molecule has 2 heteroatoms. The van der Waals surface area contributed by atoms with E-state index in [1.165, 1.54) is 0 Å². The van der Waals surface area contributed by atoms with Gasteiger partial charge in [-0.2, -0.15) is 0 Å². The second-order valence-electron chi connectivity index (χ2n) is 0.849. The minimum atomic E-state index is 1.63. The summed E-state index contributed by atoms with van der Waals surface area (Å²) in [5.74, 6) is 0. The van der Waals surface area contributed by atoms with Gasteiger partial charge in [-0.15, -0.1) is 0 Å². The van der Waals surface area contributed by atoms with E-state index in [9.17, 15) is 0 Å². The molecule has 1 rings (SSSR count). The highest BCUT2D eigenvalue weighted by Crippen LogP contribution is 1.65. The fourth-order valence-electron chi connectivity index (χ4n) is 0.225. The summed E-state index contributed by atoms with van der Waals surface area (Å²) in [6, 6.07) is 0. The molecule has 0 unspecified atom stereocenters. The topological polar surface area (TPSA) is 26.5 Å². The second kappa shape index (κ2) is 1.50. The number of hydrogen-bond donors (Lipinski definition) is 0. The quantitative estimate of drug-likeness (QED) is 0.385. The molecular formula is C4H3N2+. The highest BCUT2D eigenvalue weighted by molar-refractivity contribution is 5.81. The molecule has 1 aliphatic rings. The van der Waals surface area contributed by atoms with Crippen LogP contribution in [-0.4, -0.2) is 12.6 Å². The summed E-state index contributed by atoms with van der Waals surface area (Å²) < 4.78 is 0. The lowest BCUT2D eigenvalue weighted by Gasteiger charge is -1.60. The van der Waals surface area contributed by atoms with Gasteiger partial charge >= 0.3 is 6.34 Å². The number of aliphatic imine (C=N–C) groups is 2. The minimum Gasteiger partial charge on any atom is -0.0379 e. The Morgan fingerprint density at radius 2 is 2.67 bits per heavy atom. The molecule has 0 fully saturated rings. The molecule has 0 amide bonds. The van der Waals surface area contributed by atoms with Gasteiger partial charge in [0.1, 0.15) is 12.4 Å². The van der Waals surface area contributed by atoms with Crippen molar-refractivity contribution in [1.29, 1.82) is 0 Å². The summed E-state index contributed by atoms with van der Waals surface area (Å²) in [5.41, 5.74) is 0. The number of rotatable bonds is 0. The van der Waals surface area contributed by atoms with E-state index < -0.39 is 0 Å². The molecule has 0 aliphatic carbocycles. The third-order valence-electron chi connectivity index (χ3n) is 0.437. The Labute approximate surface area is 35.9 Å². The van der Waals surface area contributed by atoms with Gasteiger partial charge in [0, 0.05) is 6.08 Å². The van der Waals surface area contributed by atoms with E-state index in [0.29, 0.717) is 0 Å². The predicted octanol–water partition coefficient (Wildman–Crippen LogP) is -0.174. The van der Waals surface area contributed by atoms with Gasteiger partial charge in [-0.25, -0.2) is 0 Å². The van der Waals surface area contributed by atoms with Crippen LogP contribution >= 0.6 is 0 Å². The summed E-state index contributed by atoms with van der Waals surface area (Å²) >= 11 is 0. The summed E-state index contributed by atoms with van der Waals surface area (Å²) in [4.78, 5) is 7.10. The fraction of sp³-hybridized carbons (Fsp3) is 0. The van der Waals surface area contributed by atoms with Crippen molar-refractivity contribution in [3.05, 3.63) is 12.3 Å². The summed E-state index contributed by atoms with van der Waals surface area (Å²) in [5, 5.41) is 0. The highest BCUT2D eigenvalue weighted by Gasteiger charge is 1.84. The first-order valence-corrected chi connectivity index (χ1v) is 1.63.